The summed E-state index contributed by atoms with van der Waals surface area (Å²) >= 11 is -0.556. The van der Waals surface area contributed by atoms with E-state index in [2.05, 4.69) is 52.6 Å². The second-order valence-corrected chi connectivity index (χ2v) is 16.2. The number of fused-ring (bicyclic) bond motifs is 1. The standard InChI is InChI=1S/C20H33N3Si.CH3.2ClH.Ti/c1-24(2,23-14-21-13-22-15-23)20-18-11-7-6-10-17(18)12-19(20)16-8-4-3-5-9-16;;;;/h6-7,10-11,16-20H,3-5,8-9,12-15H2,1-2H3;1H3;2*1H;/q-2;-1;;;+6/p-2. The van der Waals surface area contributed by atoms with Gasteiger partial charge in [-0.25, -0.2) is 0 Å². The van der Waals surface area contributed by atoms with Crippen molar-refractivity contribution in [2.24, 2.45) is 23.7 Å². The molecule has 1 aliphatic heterocycles. The summed E-state index contributed by atoms with van der Waals surface area (Å²) < 4.78 is 2.67. The van der Waals surface area contributed by atoms with Crippen LogP contribution in [-0.4, -0.2) is 32.8 Å². The first-order valence-electron chi connectivity index (χ1n) is 10.4. The van der Waals surface area contributed by atoms with E-state index in [1.54, 1.807) is 0 Å². The normalized spacial score (nSPS) is 33.7. The van der Waals surface area contributed by atoms with Gasteiger partial charge >= 0.3 is 35.6 Å². The zero-order valence-corrected chi connectivity index (χ0v) is 21.7. The molecule has 1 heterocycles. The molecule has 7 heteroatoms. The molecule has 2 saturated carbocycles. The quantitative estimate of drug-likeness (QED) is 0.310. The van der Waals surface area contributed by atoms with Crippen molar-refractivity contribution in [3.63, 3.8) is 0 Å². The molecule has 0 radical (unpaired) electrons. The van der Waals surface area contributed by atoms with Gasteiger partial charge in [-0.2, -0.15) is 0 Å². The molecule has 4 unspecified atom stereocenters. The number of allylic oxidation sites excluding steroid dienone is 4. The Kier molecular flexibility index (Phi) is 10.8. The average Bonchev–Trinajstić information content (AvgIpc) is 3.10. The van der Waals surface area contributed by atoms with Crippen LogP contribution in [0.25, 0.3) is 10.6 Å². The van der Waals surface area contributed by atoms with Crippen LogP contribution in [0.3, 0.4) is 0 Å². The van der Waals surface area contributed by atoms with Crippen molar-refractivity contribution in [1.29, 1.82) is 0 Å². The molecule has 1 saturated heterocycles. The van der Waals surface area contributed by atoms with Crippen LogP contribution in [0, 0.1) is 31.1 Å². The van der Waals surface area contributed by atoms with Gasteiger partial charge in [0.25, 0.3) is 0 Å². The fraction of sp³-hybridized carbons (Fsp3) is 0.762. The van der Waals surface area contributed by atoms with Gasteiger partial charge in [0, 0.05) is 0 Å². The SMILES string of the molecule is C[Si](C)(C1C2C=CC=CC2CC1C1CCCCC1)N1C[N-]C[N-]C1.[CH3-].[Cl][Ti+4][Cl]. The Balaban J connectivity index is 0.000000660. The number of hydrogen-bond acceptors (Lipinski definition) is 1. The van der Waals surface area contributed by atoms with Crippen molar-refractivity contribution < 1.29 is 17.0 Å². The van der Waals surface area contributed by atoms with Crippen molar-refractivity contribution in [2.75, 3.05) is 20.0 Å². The van der Waals surface area contributed by atoms with Crippen molar-refractivity contribution in [2.45, 2.75) is 57.2 Å². The molecule has 0 aromatic rings. The summed E-state index contributed by atoms with van der Waals surface area (Å²) in [6.07, 6.45) is 18.4. The average molecular weight is 477 g/mol. The fourth-order valence-electron chi connectivity index (χ4n) is 6.10. The van der Waals surface area contributed by atoms with Gasteiger partial charge in [-0.1, -0.05) is 69.5 Å². The van der Waals surface area contributed by atoms with E-state index in [0.29, 0.717) is 6.67 Å². The molecule has 0 spiro atoms. The summed E-state index contributed by atoms with van der Waals surface area (Å²) in [6.45, 7) is 7.78. The molecule has 0 N–H and O–H groups in total. The van der Waals surface area contributed by atoms with Crippen molar-refractivity contribution >= 4 is 26.8 Å². The van der Waals surface area contributed by atoms with Gasteiger partial charge in [0.1, 0.15) is 8.24 Å². The number of nitrogens with zero attached hydrogens (tertiary/aromatic N) is 3. The topological polar surface area (TPSA) is 31.4 Å². The molecule has 3 fully saturated rings. The number of hydrogen-bond donors (Lipinski definition) is 0. The zero-order chi connectivity index (χ0) is 19.3. The molecule has 0 aromatic carbocycles. The summed E-state index contributed by atoms with van der Waals surface area (Å²) in [5.74, 6) is 3.46. The van der Waals surface area contributed by atoms with Gasteiger partial charge in [-0.15, -0.1) is 13.3 Å². The van der Waals surface area contributed by atoms with Crippen LogP contribution in [0.5, 0.6) is 0 Å². The second kappa shape index (κ2) is 12.0. The Morgan fingerprint density at radius 1 is 1.00 bits per heavy atom. The third kappa shape index (κ3) is 5.76. The van der Waals surface area contributed by atoms with Crippen LogP contribution in [0.4, 0.5) is 0 Å². The molecule has 4 aliphatic rings. The van der Waals surface area contributed by atoms with Crippen molar-refractivity contribution in [3.05, 3.63) is 42.4 Å². The molecule has 156 valence electrons. The molecule has 0 amide bonds. The third-order valence-corrected chi connectivity index (χ3v) is 11.7. The first-order valence-corrected chi connectivity index (χ1v) is 17.7. The summed E-state index contributed by atoms with van der Waals surface area (Å²) in [5.41, 5.74) is 0.871. The van der Waals surface area contributed by atoms with Crippen LogP contribution in [0.15, 0.2) is 24.3 Å². The Morgan fingerprint density at radius 2 is 1.61 bits per heavy atom. The van der Waals surface area contributed by atoms with E-state index < -0.39 is 25.3 Å². The molecular formula is C21H36Cl2N3SiTi+. The van der Waals surface area contributed by atoms with Crippen LogP contribution in [0.1, 0.15) is 38.5 Å². The summed E-state index contributed by atoms with van der Waals surface area (Å²) in [7, 11) is 8.21. The second-order valence-electron chi connectivity index (χ2n) is 8.97. The van der Waals surface area contributed by atoms with Crippen LogP contribution in [-0.2, 0) is 17.0 Å². The molecule has 0 bridgehead atoms. The Morgan fingerprint density at radius 3 is 2.25 bits per heavy atom. The Hall–Kier alpha value is 0.871. The van der Waals surface area contributed by atoms with Gasteiger partial charge in [0.2, 0.25) is 0 Å². The monoisotopic (exact) mass is 476 g/mol. The molecular weight excluding hydrogens is 441 g/mol. The number of rotatable bonds is 3. The van der Waals surface area contributed by atoms with E-state index in [9.17, 15) is 0 Å². The van der Waals surface area contributed by atoms with E-state index in [-0.39, 0.29) is 7.43 Å². The summed E-state index contributed by atoms with van der Waals surface area (Å²) in [6, 6.07) is 0. The van der Waals surface area contributed by atoms with Crippen molar-refractivity contribution in [1.82, 2.24) is 4.57 Å². The summed E-state index contributed by atoms with van der Waals surface area (Å²) in [4.78, 5) is 0. The first-order chi connectivity index (χ1) is 13.1. The van der Waals surface area contributed by atoms with E-state index in [1.807, 2.05) is 0 Å². The maximum atomic E-state index is 4.89. The van der Waals surface area contributed by atoms with E-state index in [1.165, 1.54) is 38.5 Å². The van der Waals surface area contributed by atoms with Crippen LogP contribution in [0.2, 0.25) is 18.6 Å². The Labute approximate surface area is 190 Å². The number of halogens is 2. The minimum atomic E-state index is -1.56. The fourth-order valence-corrected chi connectivity index (χ4v) is 10.2. The van der Waals surface area contributed by atoms with E-state index >= 15 is 0 Å². The van der Waals surface area contributed by atoms with Gasteiger partial charge in [-0.3, -0.25) is 6.67 Å². The van der Waals surface area contributed by atoms with E-state index in [4.69, 9.17) is 18.6 Å². The molecule has 3 aliphatic carbocycles. The first kappa shape index (κ1) is 25.1. The maximum absolute atomic E-state index is 4.89. The van der Waals surface area contributed by atoms with E-state index in [0.717, 1.165) is 42.6 Å². The van der Waals surface area contributed by atoms with Gasteiger partial charge in [0.15, 0.2) is 0 Å². The van der Waals surface area contributed by atoms with Gasteiger partial charge < -0.3 is 22.6 Å². The molecule has 4 rings (SSSR count). The molecule has 0 aromatic heterocycles. The molecule has 4 atom stereocenters. The van der Waals surface area contributed by atoms with Crippen LogP contribution < -0.4 is 0 Å². The molecule has 3 nitrogen and oxygen atoms in total. The van der Waals surface area contributed by atoms with Crippen LogP contribution >= 0.6 is 18.6 Å². The minimum absolute atomic E-state index is 0. The van der Waals surface area contributed by atoms with Crippen molar-refractivity contribution in [3.8, 4) is 0 Å². The predicted octanol–water partition coefficient (Wildman–Crippen LogP) is 7.28. The van der Waals surface area contributed by atoms with Gasteiger partial charge in [-0.05, 0) is 35.6 Å². The third-order valence-electron chi connectivity index (χ3n) is 7.34. The van der Waals surface area contributed by atoms with Gasteiger partial charge in [0.05, 0.1) is 0 Å². The Bertz CT molecular complexity index is 520. The predicted molar refractivity (Wildman–Crippen MR) is 122 cm³/mol. The zero-order valence-electron chi connectivity index (χ0n) is 17.7. The molecule has 28 heavy (non-hydrogen) atoms. The summed E-state index contributed by atoms with van der Waals surface area (Å²) in [5, 5.41) is 9.20.